The summed E-state index contributed by atoms with van der Waals surface area (Å²) in [5.74, 6) is -0.864. The smallest absolute Gasteiger partial charge is 0.308 e. The van der Waals surface area contributed by atoms with E-state index in [9.17, 15) is 14.7 Å². The normalized spacial score (nSPS) is 16.3. The summed E-state index contributed by atoms with van der Waals surface area (Å²) in [6.45, 7) is 1.13. The van der Waals surface area contributed by atoms with Crippen LogP contribution >= 0.6 is 0 Å². The molecule has 1 atom stereocenters. The van der Waals surface area contributed by atoms with Crippen LogP contribution < -0.4 is 4.74 Å². The lowest BCUT2D eigenvalue weighted by Gasteiger charge is -2.30. The molecule has 8 nitrogen and oxygen atoms in total. The van der Waals surface area contributed by atoms with E-state index in [-0.39, 0.29) is 12.5 Å². The Hall–Kier alpha value is -3.68. The Morgan fingerprint density at radius 3 is 2.87 bits per heavy atom. The molecular formula is C22H22N4O4. The Morgan fingerprint density at radius 2 is 2.13 bits per heavy atom. The molecule has 0 radical (unpaired) electrons. The number of carbonyl (C=O) groups is 2. The molecule has 1 saturated heterocycles. The van der Waals surface area contributed by atoms with Crippen molar-refractivity contribution in [2.24, 2.45) is 5.92 Å². The van der Waals surface area contributed by atoms with Crippen molar-refractivity contribution in [1.82, 2.24) is 20.1 Å². The summed E-state index contributed by atoms with van der Waals surface area (Å²) in [5, 5.41) is 16.0. The third-order valence-corrected chi connectivity index (χ3v) is 5.15. The highest BCUT2D eigenvalue weighted by Gasteiger charge is 2.28. The number of aliphatic carboxylic acids is 1. The monoisotopic (exact) mass is 406 g/mol. The maximum atomic E-state index is 12.8. The van der Waals surface area contributed by atoms with Gasteiger partial charge in [0.15, 0.2) is 0 Å². The minimum Gasteiger partial charge on any atom is -0.487 e. The average molecular weight is 406 g/mol. The zero-order chi connectivity index (χ0) is 20.9. The van der Waals surface area contributed by atoms with Gasteiger partial charge in [-0.2, -0.15) is 5.10 Å². The average Bonchev–Trinajstić information content (AvgIpc) is 3.33. The predicted octanol–water partition coefficient (Wildman–Crippen LogP) is 2.99. The molecule has 3 heterocycles. The first-order valence-corrected chi connectivity index (χ1v) is 9.80. The highest BCUT2D eigenvalue weighted by molar-refractivity contribution is 5.94. The third-order valence-electron chi connectivity index (χ3n) is 5.15. The number of nitrogens with zero attached hydrogens (tertiary/aromatic N) is 3. The molecular weight excluding hydrogens is 384 g/mol. The van der Waals surface area contributed by atoms with E-state index in [2.05, 4.69) is 15.2 Å². The molecule has 1 amide bonds. The van der Waals surface area contributed by atoms with E-state index in [1.165, 1.54) is 0 Å². The van der Waals surface area contributed by atoms with Gasteiger partial charge in [0.2, 0.25) is 0 Å². The van der Waals surface area contributed by atoms with Crippen LogP contribution in [0.5, 0.6) is 5.75 Å². The van der Waals surface area contributed by atoms with E-state index in [1.54, 1.807) is 29.4 Å². The summed E-state index contributed by atoms with van der Waals surface area (Å²) < 4.78 is 5.80. The summed E-state index contributed by atoms with van der Waals surface area (Å²) in [7, 11) is 0. The summed E-state index contributed by atoms with van der Waals surface area (Å²) in [4.78, 5) is 30.1. The number of rotatable bonds is 6. The molecule has 2 N–H and O–H groups in total. The minimum absolute atomic E-state index is 0.145. The van der Waals surface area contributed by atoms with E-state index >= 15 is 0 Å². The Morgan fingerprint density at radius 1 is 1.23 bits per heavy atom. The number of ether oxygens (including phenoxy) is 1. The van der Waals surface area contributed by atoms with Gasteiger partial charge in [-0.15, -0.1) is 0 Å². The van der Waals surface area contributed by atoms with Gasteiger partial charge in [-0.25, -0.2) is 0 Å². The number of likely N-dealkylation sites (tertiary alicyclic amines) is 1. The Kier molecular flexibility index (Phi) is 5.74. The third kappa shape index (κ3) is 4.48. The first kappa shape index (κ1) is 19.6. The molecule has 0 saturated carbocycles. The lowest BCUT2D eigenvalue weighted by molar-refractivity contribution is -0.143. The van der Waals surface area contributed by atoms with E-state index in [0.29, 0.717) is 37.3 Å². The van der Waals surface area contributed by atoms with Crippen LogP contribution in [-0.2, 0) is 11.4 Å². The second kappa shape index (κ2) is 8.77. The molecule has 0 spiro atoms. The topological polar surface area (TPSA) is 108 Å². The summed E-state index contributed by atoms with van der Waals surface area (Å²) in [5.41, 5.74) is 2.99. The predicted molar refractivity (Wildman–Crippen MR) is 109 cm³/mol. The first-order valence-electron chi connectivity index (χ1n) is 9.80. The number of amides is 1. The fourth-order valence-corrected chi connectivity index (χ4v) is 3.53. The highest BCUT2D eigenvalue weighted by Crippen LogP contribution is 2.21. The number of piperidine rings is 1. The molecule has 0 aliphatic carbocycles. The molecule has 0 bridgehead atoms. The van der Waals surface area contributed by atoms with Crippen LogP contribution in [0.1, 0.15) is 28.8 Å². The van der Waals surface area contributed by atoms with Crippen molar-refractivity contribution in [3.05, 3.63) is 66.0 Å². The minimum atomic E-state index is -0.846. The fourth-order valence-electron chi connectivity index (χ4n) is 3.53. The van der Waals surface area contributed by atoms with Gasteiger partial charge in [0.1, 0.15) is 12.4 Å². The molecule has 30 heavy (non-hydrogen) atoms. The van der Waals surface area contributed by atoms with Crippen molar-refractivity contribution >= 4 is 11.9 Å². The Labute approximate surface area is 173 Å². The molecule has 3 aromatic rings. The van der Waals surface area contributed by atoms with Crippen LogP contribution in [-0.4, -0.2) is 50.2 Å². The van der Waals surface area contributed by atoms with Crippen molar-refractivity contribution in [3.8, 4) is 17.1 Å². The maximum absolute atomic E-state index is 12.8. The standard InChI is InChI=1S/C22H22N4O4/c27-21(26-10-2-5-17(13-26)22(28)29)16-4-1-3-15(11-16)14-30-18-6-7-19(23-12-18)20-8-9-24-25-20/h1,3-4,6-9,11-12,17H,2,5,10,13-14H2,(H,24,25)(H,28,29)/t17-/m0/s1. The number of H-pyrrole nitrogens is 1. The van der Waals surface area contributed by atoms with Crippen molar-refractivity contribution in [1.29, 1.82) is 0 Å². The Bertz CT molecular complexity index is 1020. The zero-order valence-electron chi connectivity index (χ0n) is 16.3. The van der Waals surface area contributed by atoms with Gasteiger partial charge < -0.3 is 14.7 Å². The summed E-state index contributed by atoms with van der Waals surface area (Å²) >= 11 is 0. The van der Waals surface area contributed by atoms with Crippen molar-refractivity contribution in [2.45, 2.75) is 19.4 Å². The van der Waals surface area contributed by atoms with Crippen molar-refractivity contribution in [3.63, 3.8) is 0 Å². The number of hydrogen-bond acceptors (Lipinski definition) is 5. The number of carboxylic acid groups (broad SMARTS) is 1. The number of hydrogen-bond donors (Lipinski definition) is 2. The summed E-state index contributed by atoms with van der Waals surface area (Å²) in [6.07, 6.45) is 4.62. The molecule has 1 aromatic carbocycles. The molecule has 154 valence electrons. The molecule has 0 unspecified atom stereocenters. The number of aromatic nitrogens is 3. The van der Waals surface area contributed by atoms with Crippen LogP contribution in [0, 0.1) is 5.92 Å². The van der Waals surface area contributed by atoms with Crippen LogP contribution in [0.15, 0.2) is 54.9 Å². The maximum Gasteiger partial charge on any atom is 0.308 e. The van der Waals surface area contributed by atoms with Crippen LogP contribution in [0.2, 0.25) is 0 Å². The molecule has 4 rings (SSSR count). The van der Waals surface area contributed by atoms with Crippen molar-refractivity contribution < 1.29 is 19.4 Å². The zero-order valence-corrected chi connectivity index (χ0v) is 16.3. The van der Waals surface area contributed by atoms with E-state index in [0.717, 1.165) is 17.0 Å². The quantitative estimate of drug-likeness (QED) is 0.651. The second-order valence-corrected chi connectivity index (χ2v) is 7.27. The largest absolute Gasteiger partial charge is 0.487 e. The lowest BCUT2D eigenvalue weighted by atomic mass is 9.97. The summed E-state index contributed by atoms with van der Waals surface area (Å²) in [6, 6.07) is 12.8. The number of carbonyl (C=O) groups excluding carboxylic acids is 1. The number of pyridine rings is 1. The number of nitrogens with one attached hydrogen (secondary N) is 1. The van der Waals surface area contributed by atoms with E-state index in [1.807, 2.05) is 30.3 Å². The first-order chi connectivity index (χ1) is 14.6. The second-order valence-electron chi connectivity index (χ2n) is 7.27. The highest BCUT2D eigenvalue weighted by atomic mass is 16.5. The molecule has 2 aromatic heterocycles. The van der Waals surface area contributed by atoms with Crippen molar-refractivity contribution in [2.75, 3.05) is 13.1 Å². The van der Waals surface area contributed by atoms with Gasteiger partial charge >= 0.3 is 5.97 Å². The number of benzene rings is 1. The van der Waals surface area contributed by atoms with Gasteiger partial charge in [0.25, 0.3) is 5.91 Å². The van der Waals surface area contributed by atoms with Gasteiger partial charge in [-0.05, 0) is 48.7 Å². The van der Waals surface area contributed by atoms with Gasteiger partial charge in [0.05, 0.1) is 23.5 Å². The molecule has 1 aliphatic heterocycles. The molecule has 8 heteroatoms. The van der Waals surface area contributed by atoms with Crippen LogP contribution in [0.3, 0.4) is 0 Å². The molecule has 1 fully saturated rings. The van der Waals surface area contributed by atoms with Gasteiger partial charge in [-0.3, -0.25) is 19.7 Å². The van der Waals surface area contributed by atoms with Gasteiger partial charge in [0, 0.05) is 24.8 Å². The SMILES string of the molecule is O=C(O)[C@H]1CCCN(C(=O)c2cccc(COc3ccc(-c4ccn[nH]4)nc3)c2)C1. The Balaban J connectivity index is 1.38. The number of aromatic amines is 1. The van der Waals surface area contributed by atoms with Crippen LogP contribution in [0.4, 0.5) is 0 Å². The van der Waals surface area contributed by atoms with Crippen LogP contribution in [0.25, 0.3) is 11.4 Å². The fraction of sp³-hybridized carbons (Fsp3) is 0.273. The lowest BCUT2D eigenvalue weighted by Crippen LogP contribution is -2.42. The van der Waals surface area contributed by atoms with E-state index < -0.39 is 11.9 Å². The van der Waals surface area contributed by atoms with Gasteiger partial charge in [-0.1, -0.05) is 12.1 Å². The number of carboxylic acids is 1. The van der Waals surface area contributed by atoms with E-state index in [4.69, 9.17) is 4.74 Å². The molecule has 1 aliphatic rings.